The molecular formula is C35H41NO5. The van der Waals surface area contributed by atoms with Crippen molar-refractivity contribution < 1.29 is 23.7 Å². The van der Waals surface area contributed by atoms with Crippen LogP contribution in [0.1, 0.15) is 47.9 Å². The Kier molecular flexibility index (Phi) is 8.33. The molecule has 6 heteroatoms. The highest BCUT2D eigenvalue weighted by Crippen LogP contribution is 2.43. The van der Waals surface area contributed by atoms with Crippen LogP contribution < -0.4 is 14.4 Å². The van der Waals surface area contributed by atoms with E-state index in [0.717, 1.165) is 62.3 Å². The van der Waals surface area contributed by atoms with Crippen LogP contribution in [0.5, 0.6) is 11.5 Å². The first-order chi connectivity index (χ1) is 20.1. The second-order valence-electron chi connectivity index (χ2n) is 11.4. The maximum Gasteiger partial charge on any atom is 0.161 e. The third-order valence-corrected chi connectivity index (χ3v) is 8.98. The van der Waals surface area contributed by atoms with Crippen LogP contribution >= 0.6 is 0 Å². The van der Waals surface area contributed by atoms with Crippen LogP contribution in [0.4, 0.5) is 5.69 Å². The van der Waals surface area contributed by atoms with Crippen LogP contribution in [0.15, 0.2) is 72.8 Å². The molecule has 2 aliphatic heterocycles. The smallest absolute Gasteiger partial charge is 0.161 e. The van der Waals surface area contributed by atoms with Gasteiger partial charge in [-0.3, -0.25) is 0 Å². The van der Waals surface area contributed by atoms with Gasteiger partial charge < -0.3 is 28.6 Å². The lowest BCUT2D eigenvalue weighted by Crippen LogP contribution is -2.44. The van der Waals surface area contributed by atoms with Gasteiger partial charge in [0.15, 0.2) is 6.29 Å². The van der Waals surface area contributed by atoms with E-state index >= 15 is 0 Å². The molecular weight excluding hydrogens is 514 g/mol. The highest BCUT2D eigenvalue weighted by Gasteiger charge is 2.45. The van der Waals surface area contributed by atoms with Gasteiger partial charge in [-0.15, -0.1) is 0 Å². The van der Waals surface area contributed by atoms with Gasteiger partial charge in [0.05, 0.1) is 19.3 Å². The SMILES string of the molecule is COc1cc(N2CCC3(CC2)CC(C(OC)OC)CO3)ccc1C1=CCCc2cc(OCc3ccccc3)ccc21. The number of benzene rings is 3. The molecule has 6 nitrogen and oxygen atoms in total. The predicted molar refractivity (Wildman–Crippen MR) is 162 cm³/mol. The molecule has 0 radical (unpaired) electrons. The Morgan fingerprint density at radius 1 is 0.927 bits per heavy atom. The van der Waals surface area contributed by atoms with Crippen molar-refractivity contribution in [1.82, 2.24) is 0 Å². The minimum atomic E-state index is -0.197. The summed E-state index contributed by atoms with van der Waals surface area (Å²) in [5.74, 6) is 2.11. The molecule has 1 aliphatic carbocycles. The largest absolute Gasteiger partial charge is 0.496 e. The van der Waals surface area contributed by atoms with Gasteiger partial charge in [-0.2, -0.15) is 0 Å². The van der Waals surface area contributed by atoms with E-state index in [9.17, 15) is 0 Å². The molecule has 0 saturated carbocycles. The molecule has 6 rings (SSSR count). The van der Waals surface area contributed by atoms with Gasteiger partial charge in [0.1, 0.15) is 18.1 Å². The molecule has 2 fully saturated rings. The lowest BCUT2D eigenvalue weighted by atomic mass is 9.84. The summed E-state index contributed by atoms with van der Waals surface area (Å²) in [6.45, 7) is 3.18. The summed E-state index contributed by atoms with van der Waals surface area (Å²) < 4.78 is 29.5. The highest BCUT2D eigenvalue weighted by molar-refractivity contribution is 5.86. The number of nitrogens with zero attached hydrogens (tertiary/aromatic N) is 1. The molecule has 0 aromatic heterocycles. The van der Waals surface area contributed by atoms with Crippen molar-refractivity contribution >= 4 is 11.3 Å². The molecule has 0 N–H and O–H groups in total. The standard InChI is InChI=1S/C35H41NO5/c1-37-33-21-28(36-18-16-35(17-19-36)22-27(24-41-35)34(38-2)39-3)12-14-32(33)31-11-7-10-26-20-29(13-15-30(26)31)40-23-25-8-5-4-6-9-25/h4-6,8-9,11-15,20-21,27,34H,7,10,16-19,22-24H2,1-3H3. The Morgan fingerprint density at radius 2 is 1.71 bits per heavy atom. The Morgan fingerprint density at radius 3 is 2.46 bits per heavy atom. The summed E-state index contributed by atoms with van der Waals surface area (Å²) in [7, 11) is 5.19. The molecule has 2 heterocycles. The number of ether oxygens (including phenoxy) is 5. The predicted octanol–water partition coefficient (Wildman–Crippen LogP) is 6.65. The second kappa shape index (κ2) is 12.3. The minimum Gasteiger partial charge on any atom is -0.496 e. The van der Waals surface area contributed by atoms with Crippen LogP contribution in [-0.4, -0.2) is 52.9 Å². The molecule has 2 saturated heterocycles. The van der Waals surface area contributed by atoms with Gasteiger partial charge in [0.2, 0.25) is 0 Å². The van der Waals surface area contributed by atoms with E-state index in [4.69, 9.17) is 23.7 Å². The number of allylic oxidation sites excluding steroid dienone is 1. The van der Waals surface area contributed by atoms with E-state index < -0.39 is 0 Å². The molecule has 3 aromatic carbocycles. The Hall–Kier alpha value is -3.32. The zero-order valence-corrected chi connectivity index (χ0v) is 24.4. The summed E-state index contributed by atoms with van der Waals surface area (Å²) in [5.41, 5.74) is 7.25. The Bertz CT molecular complexity index is 1360. The second-order valence-corrected chi connectivity index (χ2v) is 11.4. The van der Waals surface area contributed by atoms with Crippen LogP contribution in [0, 0.1) is 5.92 Å². The molecule has 3 aromatic rings. The molecule has 1 unspecified atom stereocenters. The monoisotopic (exact) mass is 555 g/mol. The first kappa shape index (κ1) is 27.8. The van der Waals surface area contributed by atoms with Crippen molar-refractivity contribution in [2.75, 3.05) is 45.9 Å². The van der Waals surface area contributed by atoms with E-state index in [0.29, 0.717) is 13.2 Å². The molecule has 1 spiro atoms. The van der Waals surface area contributed by atoms with Crippen molar-refractivity contribution in [3.63, 3.8) is 0 Å². The van der Waals surface area contributed by atoms with Gasteiger partial charge in [0.25, 0.3) is 0 Å². The van der Waals surface area contributed by atoms with E-state index in [1.54, 1.807) is 21.3 Å². The number of fused-ring (bicyclic) bond motifs is 1. The highest BCUT2D eigenvalue weighted by atomic mass is 16.7. The molecule has 41 heavy (non-hydrogen) atoms. The normalized spacial score (nSPS) is 19.8. The van der Waals surface area contributed by atoms with Gasteiger partial charge in [-0.25, -0.2) is 0 Å². The van der Waals surface area contributed by atoms with Gasteiger partial charge in [-0.05, 0) is 78.6 Å². The lowest BCUT2D eigenvalue weighted by Gasteiger charge is -2.40. The van der Waals surface area contributed by atoms with Crippen molar-refractivity contribution in [3.8, 4) is 11.5 Å². The number of hydrogen-bond acceptors (Lipinski definition) is 6. The molecule has 0 amide bonds. The first-order valence-corrected chi connectivity index (χ1v) is 14.7. The minimum absolute atomic E-state index is 0.0687. The molecule has 216 valence electrons. The van der Waals surface area contributed by atoms with Crippen molar-refractivity contribution in [1.29, 1.82) is 0 Å². The molecule has 1 atom stereocenters. The zero-order valence-electron chi connectivity index (χ0n) is 24.4. The third-order valence-electron chi connectivity index (χ3n) is 8.98. The fourth-order valence-electron chi connectivity index (χ4n) is 6.76. The van der Waals surface area contributed by atoms with Gasteiger partial charge in [0, 0.05) is 50.5 Å². The average molecular weight is 556 g/mol. The maximum absolute atomic E-state index is 6.36. The fourth-order valence-corrected chi connectivity index (χ4v) is 6.76. The Labute approximate surface area is 243 Å². The zero-order chi connectivity index (χ0) is 28.2. The summed E-state index contributed by atoms with van der Waals surface area (Å²) in [6, 6.07) is 23.5. The van der Waals surface area contributed by atoms with Crippen LogP contribution in [0.25, 0.3) is 5.57 Å². The van der Waals surface area contributed by atoms with Crippen LogP contribution in [0.2, 0.25) is 0 Å². The van der Waals surface area contributed by atoms with Crippen LogP contribution in [-0.2, 0) is 27.2 Å². The number of hydrogen-bond donors (Lipinski definition) is 0. The van der Waals surface area contributed by atoms with Crippen molar-refractivity contribution in [3.05, 3.63) is 95.1 Å². The number of anilines is 1. The van der Waals surface area contributed by atoms with E-state index in [1.165, 1.54) is 28.0 Å². The van der Waals surface area contributed by atoms with E-state index in [-0.39, 0.29) is 17.8 Å². The quantitative estimate of drug-likeness (QED) is 0.276. The van der Waals surface area contributed by atoms with Crippen molar-refractivity contribution in [2.24, 2.45) is 5.92 Å². The van der Waals surface area contributed by atoms with E-state index in [2.05, 4.69) is 59.5 Å². The summed E-state index contributed by atoms with van der Waals surface area (Å²) in [6.07, 6.45) is 7.14. The van der Waals surface area contributed by atoms with Gasteiger partial charge >= 0.3 is 0 Å². The van der Waals surface area contributed by atoms with Crippen LogP contribution in [0.3, 0.4) is 0 Å². The maximum atomic E-state index is 6.36. The number of aryl methyl sites for hydroxylation is 1. The number of methoxy groups -OCH3 is 3. The topological polar surface area (TPSA) is 49.4 Å². The van der Waals surface area contributed by atoms with Crippen molar-refractivity contribution in [2.45, 2.75) is 50.6 Å². The van der Waals surface area contributed by atoms with Gasteiger partial charge in [-0.1, -0.05) is 42.5 Å². The summed E-state index contributed by atoms with van der Waals surface area (Å²) in [4.78, 5) is 2.46. The summed E-state index contributed by atoms with van der Waals surface area (Å²) in [5, 5.41) is 0. The summed E-state index contributed by atoms with van der Waals surface area (Å²) >= 11 is 0. The number of rotatable bonds is 9. The number of piperidine rings is 1. The molecule has 3 aliphatic rings. The Balaban J connectivity index is 1.14. The lowest BCUT2D eigenvalue weighted by molar-refractivity contribution is -0.136. The van der Waals surface area contributed by atoms with E-state index in [1.807, 2.05) is 18.2 Å². The fraction of sp³-hybridized carbons (Fsp3) is 0.429. The molecule has 0 bridgehead atoms. The first-order valence-electron chi connectivity index (χ1n) is 14.7. The average Bonchev–Trinajstić information content (AvgIpc) is 3.43. The third kappa shape index (κ3) is 5.87.